The first kappa shape index (κ1) is 21.2. The van der Waals surface area contributed by atoms with Gasteiger partial charge < -0.3 is 19.3 Å². The zero-order chi connectivity index (χ0) is 21.3. The highest BCUT2D eigenvalue weighted by molar-refractivity contribution is 7.89. The molecule has 0 unspecified atom stereocenters. The third-order valence-corrected chi connectivity index (χ3v) is 7.61. The van der Waals surface area contributed by atoms with Crippen LogP contribution in [0, 0.1) is 0 Å². The number of methoxy groups -OCH3 is 3. The molecule has 1 aliphatic heterocycles. The van der Waals surface area contributed by atoms with E-state index in [0.717, 1.165) is 22.8 Å². The summed E-state index contributed by atoms with van der Waals surface area (Å²) in [5.74, 6) is -1.06. The Kier molecular flexibility index (Phi) is 5.94. The Labute approximate surface area is 171 Å². The summed E-state index contributed by atoms with van der Waals surface area (Å²) in [5.41, 5.74) is 0.417. The van der Waals surface area contributed by atoms with E-state index in [-0.39, 0.29) is 16.3 Å². The lowest BCUT2D eigenvalue weighted by atomic mass is 10.0. The number of ether oxygens (including phenoxy) is 3. The van der Waals surface area contributed by atoms with E-state index in [1.807, 2.05) is 0 Å². The van der Waals surface area contributed by atoms with Gasteiger partial charge in [-0.2, -0.15) is 4.31 Å². The first-order chi connectivity index (χ1) is 13.7. The summed E-state index contributed by atoms with van der Waals surface area (Å²) in [6.07, 6.45) is -1.50. The number of hydrogen-bond acceptors (Lipinski definition) is 9. The number of aliphatic hydroxyl groups is 1. The highest BCUT2D eigenvalue weighted by atomic mass is 32.2. The largest absolute Gasteiger partial charge is 0.497 e. The molecule has 29 heavy (non-hydrogen) atoms. The van der Waals surface area contributed by atoms with Gasteiger partial charge in [0.05, 0.1) is 26.2 Å². The number of rotatable bonds is 5. The minimum absolute atomic E-state index is 0.0775. The number of hydrogen-bond donors (Lipinski definition) is 1. The average molecular weight is 441 g/mol. The zero-order valence-electron chi connectivity index (χ0n) is 15.8. The highest BCUT2D eigenvalue weighted by Crippen LogP contribution is 2.40. The molecule has 156 valence electrons. The molecule has 0 amide bonds. The lowest BCUT2D eigenvalue weighted by Crippen LogP contribution is -2.50. The number of esters is 2. The Morgan fingerprint density at radius 2 is 1.79 bits per heavy atom. The van der Waals surface area contributed by atoms with Gasteiger partial charge >= 0.3 is 11.9 Å². The number of nitrogens with zero attached hydrogens (tertiary/aromatic N) is 1. The van der Waals surface area contributed by atoms with E-state index in [9.17, 15) is 23.1 Å². The van der Waals surface area contributed by atoms with Crippen LogP contribution in [0.4, 0.5) is 0 Å². The van der Waals surface area contributed by atoms with Crippen LogP contribution in [0.15, 0.2) is 35.2 Å². The molecule has 1 N–H and O–H groups in total. The second kappa shape index (κ2) is 8.11. The minimum atomic E-state index is -4.18. The smallest absolute Gasteiger partial charge is 0.348 e. The molecule has 0 saturated heterocycles. The lowest BCUT2D eigenvalue weighted by Gasteiger charge is -2.35. The Balaban J connectivity index is 2.08. The first-order valence-corrected chi connectivity index (χ1v) is 10.6. The molecule has 0 fully saturated rings. The fourth-order valence-electron chi connectivity index (χ4n) is 3.07. The van der Waals surface area contributed by atoms with Crippen LogP contribution in [0.3, 0.4) is 0 Å². The molecule has 1 aromatic carbocycles. The molecule has 3 rings (SSSR count). The fraction of sp³-hybridized carbons (Fsp3) is 0.333. The van der Waals surface area contributed by atoms with Crippen molar-refractivity contribution in [1.29, 1.82) is 0 Å². The third kappa shape index (κ3) is 3.73. The highest BCUT2D eigenvalue weighted by Gasteiger charge is 2.47. The van der Waals surface area contributed by atoms with Crippen molar-refractivity contribution < 1.29 is 37.3 Å². The molecule has 0 aliphatic carbocycles. The maximum Gasteiger partial charge on any atom is 0.348 e. The lowest BCUT2D eigenvalue weighted by molar-refractivity contribution is -0.150. The van der Waals surface area contributed by atoms with Gasteiger partial charge in [-0.15, -0.1) is 11.3 Å². The minimum Gasteiger partial charge on any atom is -0.497 e. The Morgan fingerprint density at radius 1 is 1.14 bits per heavy atom. The molecule has 0 bridgehead atoms. The summed E-state index contributed by atoms with van der Waals surface area (Å²) in [7, 11) is -0.399. The fourth-order valence-corrected chi connectivity index (χ4v) is 5.74. The molecular weight excluding hydrogens is 422 g/mol. The number of carbonyl (C=O) groups excluding carboxylic acids is 2. The zero-order valence-corrected chi connectivity index (χ0v) is 17.5. The maximum absolute atomic E-state index is 13.2. The van der Waals surface area contributed by atoms with Crippen molar-refractivity contribution in [1.82, 2.24) is 4.31 Å². The number of sulfonamides is 1. The van der Waals surface area contributed by atoms with Crippen LogP contribution in [-0.2, 0) is 30.8 Å². The van der Waals surface area contributed by atoms with Crippen LogP contribution in [0.5, 0.6) is 5.75 Å². The summed E-state index contributed by atoms with van der Waals surface area (Å²) in [6, 6.07) is 5.61. The van der Waals surface area contributed by atoms with Gasteiger partial charge in [0.2, 0.25) is 10.0 Å². The standard InChI is InChI=1S/C18H19NO8S2/c1-25-11-4-6-12(7-5-11)29(23,24)19-9-10-8-13(17(21)26-2)28-16(10)15(20)14(19)18(22)27-3/h4-8,14-15,20H,9H2,1-3H3/t14-,15-/m1/s1. The predicted molar refractivity (Wildman–Crippen MR) is 102 cm³/mol. The third-order valence-electron chi connectivity index (χ3n) is 4.54. The van der Waals surface area contributed by atoms with Crippen LogP contribution >= 0.6 is 11.3 Å². The second-order valence-electron chi connectivity index (χ2n) is 6.13. The van der Waals surface area contributed by atoms with Crippen molar-refractivity contribution in [2.45, 2.75) is 23.6 Å². The SMILES string of the molecule is COC(=O)c1cc2c(s1)[C@H](O)[C@H](C(=O)OC)N(S(=O)(=O)c1ccc(OC)cc1)C2. The monoisotopic (exact) mass is 441 g/mol. The number of benzene rings is 1. The van der Waals surface area contributed by atoms with Gasteiger partial charge in [0, 0.05) is 11.4 Å². The van der Waals surface area contributed by atoms with Crippen LogP contribution in [0.1, 0.15) is 26.2 Å². The summed E-state index contributed by atoms with van der Waals surface area (Å²) in [5, 5.41) is 10.8. The molecule has 11 heteroatoms. The normalized spacial score (nSPS) is 19.3. The van der Waals surface area contributed by atoms with E-state index in [2.05, 4.69) is 4.74 Å². The topological polar surface area (TPSA) is 119 Å². The summed E-state index contributed by atoms with van der Waals surface area (Å²) in [6.45, 7) is -0.214. The van der Waals surface area contributed by atoms with Crippen molar-refractivity contribution in [2.24, 2.45) is 0 Å². The van der Waals surface area contributed by atoms with E-state index < -0.39 is 34.1 Å². The summed E-state index contributed by atoms with van der Waals surface area (Å²) in [4.78, 5) is 24.7. The van der Waals surface area contributed by atoms with Gasteiger partial charge in [-0.05, 0) is 35.9 Å². The van der Waals surface area contributed by atoms with E-state index in [1.165, 1.54) is 44.6 Å². The number of carbonyl (C=O) groups is 2. The molecule has 2 heterocycles. The molecule has 0 spiro atoms. The van der Waals surface area contributed by atoms with Gasteiger partial charge in [-0.1, -0.05) is 0 Å². The van der Waals surface area contributed by atoms with Gasteiger partial charge in [-0.3, -0.25) is 4.79 Å². The predicted octanol–water partition coefficient (Wildman–Crippen LogP) is 1.32. The van der Waals surface area contributed by atoms with Crippen LogP contribution in [-0.4, -0.2) is 57.1 Å². The maximum atomic E-state index is 13.2. The van der Waals surface area contributed by atoms with Gasteiger partial charge in [0.1, 0.15) is 16.7 Å². The van der Waals surface area contributed by atoms with Gasteiger partial charge in [-0.25, -0.2) is 13.2 Å². The van der Waals surface area contributed by atoms with E-state index in [1.54, 1.807) is 0 Å². The van der Waals surface area contributed by atoms with E-state index in [4.69, 9.17) is 9.47 Å². The first-order valence-electron chi connectivity index (χ1n) is 8.37. The summed E-state index contributed by atoms with van der Waals surface area (Å²) >= 11 is 0.951. The van der Waals surface area contributed by atoms with Crippen molar-refractivity contribution in [2.75, 3.05) is 21.3 Å². The number of thiophene rings is 1. The Bertz CT molecular complexity index is 1030. The van der Waals surface area contributed by atoms with Crippen molar-refractivity contribution in [3.05, 3.63) is 45.6 Å². The van der Waals surface area contributed by atoms with Crippen molar-refractivity contribution >= 4 is 33.3 Å². The quantitative estimate of drug-likeness (QED) is 0.690. The molecule has 1 aliphatic rings. The molecule has 2 atom stereocenters. The van der Waals surface area contributed by atoms with E-state index in [0.29, 0.717) is 16.2 Å². The van der Waals surface area contributed by atoms with Crippen LogP contribution in [0.25, 0.3) is 0 Å². The molecule has 0 saturated carbocycles. The van der Waals surface area contributed by atoms with Crippen molar-refractivity contribution in [3.63, 3.8) is 0 Å². The Hall–Kier alpha value is -2.47. The number of aliphatic hydroxyl groups excluding tert-OH is 1. The summed E-state index contributed by atoms with van der Waals surface area (Å²) < 4.78 is 41.8. The van der Waals surface area contributed by atoms with Crippen LogP contribution < -0.4 is 4.74 Å². The van der Waals surface area contributed by atoms with E-state index >= 15 is 0 Å². The number of fused-ring (bicyclic) bond motifs is 1. The average Bonchev–Trinajstić information content (AvgIpc) is 3.17. The van der Waals surface area contributed by atoms with Gasteiger partial charge in [0.15, 0.2) is 6.04 Å². The molecule has 1 aromatic heterocycles. The molecular formula is C18H19NO8S2. The van der Waals surface area contributed by atoms with Crippen LogP contribution in [0.2, 0.25) is 0 Å². The van der Waals surface area contributed by atoms with Gasteiger partial charge in [0.25, 0.3) is 0 Å². The molecule has 9 nitrogen and oxygen atoms in total. The Morgan fingerprint density at radius 3 is 2.34 bits per heavy atom. The molecule has 2 aromatic rings. The molecule has 0 radical (unpaired) electrons. The second-order valence-corrected chi connectivity index (χ2v) is 9.10. The van der Waals surface area contributed by atoms with Crippen molar-refractivity contribution in [3.8, 4) is 5.75 Å².